The first kappa shape index (κ1) is 19.8. The van der Waals surface area contributed by atoms with Gasteiger partial charge in [-0.05, 0) is 50.3 Å². The zero-order valence-electron chi connectivity index (χ0n) is 18.0. The van der Waals surface area contributed by atoms with Crippen LogP contribution in [0.4, 0.5) is 11.8 Å². The van der Waals surface area contributed by atoms with Gasteiger partial charge in [0.15, 0.2) is 0 Å². The third-order valence-corrected chi connectivity index (χ3v) is 6.32. The topological polar surface area (TPSA) is 60.2 Å². The zero-order chi connectivity index (χ0) is 21.2. The molecule has 2 aliphatic heterocycles. The number of hydrogen-bond acceptors (Lipinski definition) is 6. The van der Waals surface area contributed by atoms with Gasteiger partial charge in [-0.25, -0.2) is 9.97 Å². The molecule has 5 rings (SSSR count). The Morgan fingerprint density at radius 2 is 1.58 bits per heavy atom. The maximum atomic E-state index is 13.2. The second kappa shape index (κ2) is 8.55. The molecule has 5 heterocycles. The largest absolute Gasteiger partial charge is 0.354 e. The molecule has 0 unspecified atom stereocenters. The molecule has 0 atom stereocenters. The molecule has 0 bridgehead atoms. The van der Waals surface area contributed by atoms with Crippen LogP contribution in [0.5, 0.6) is 0 Å². The molecule has 1 amide bonds. The molecule has 2 fully saturated rings. The first-order valence-electron chi connectivity index (χ1n) is 11.0. The number of carbonyl (C=O) groups is 1. The van der Waals surface area contributed by atoms with E-state index in [1.165, 1.54) is 0 Å². The van der Waals surface area contributed by atoms with E-state index in [-0.39, 0.29) is 5.91 Å². The highest BCUT2D eigenvalue weighted by Crippen LogP contribution is 2.23. The van der Waals surface area contributed by atoms with Gasteiger partial charge in [0.25, 0.3) is 5.91 Å². The predicted octanol–water partition coefficient (Wildman–Crippen LogP) is 1.83. The van der Waals surface area contributed by atoms with Crippen LogP contribution in [0.15, 0.2) is 48.9 Å². The van der Waals surface area contributed by atoms with Crippen LogP contribution in [0.25, 0.3) is 5.52 Å². The Balaban J connectivity index is 1.33. The van der Waals surface area contributed by atoms with E-state index in [0.29, 0.717) is 0 Å². The van der Waals surface area contributed by atoms with E-state index in [1.807, 2.05) is 23.2 Å². The summed E-state index contributed by atoms with van der Waals surface area (Å²) in [7, 11) is 2.12. The minimum atomic E-state index is 0.128. The summed E-state index contributed by atoms with van der Waals surface area (Å²) in [5, 5.41) is 0. The van der Waals surface area contributed by atoms with Crippen molar-refractivity contribution < 1.29 is 4.79 Å². The summed E-state index contributed by atoms with van der Waals surface area (Å²) in [6, 6.07) is 10.1. The maximum absolute atomic E-state index is 13.2. The lowest BCUT2D eigenvalue weighted by Gasteiger charge is -2.35. The van der Waals surface area contributed by atoms with Crippen molar-refractivity contribution in [2.75, 3.05) is 69.2 Å². The SMILES string of the molecule is CN1CCCN(C(=O)c2ccc3ccc(N4CCN(c5ncccn5)CC4)n3c2)CC1. The summed E-state index contributed by atoms with van der Waals surface area (Å²) in [6.45, 7) is 7.11. The smallest absolute Gasteiger partial charge is 0.255 e. The number of pyridine rings is 1. The average molecular weight is 420 g/mol. The van der Waals surface area contributed by atoms with Gasteiger partial charge in [0.1, 0.15) is 5.82 Å². The Hall–Kier alpha value is -3.13. The quantitative estimate of drug-likeness (QED) is 0.646. The Kier molecular flexibility index (Phi) is 5.46. The highest BCUT2D eigenvalue weighted by atomic mass is 16.2. The minimum absolute atomic E-state index is 0.128. The number of fused-ring (bicyclic) bond motifs is 1. The van der Waals surface area contributed by atoms with Crippen LogP contribution in [-0.2, 0) is 0 Å². The Morgan fingerprint density at radius 1 is 0.839 bits per heavy atom. The monoisotopic (exact) mass is 419 g/mol. The summed E-state index contributed by atoms with van der Waals surface area (Å²) < 4.78 is 2.16. The van der Waals surface area contributed by atoms with Crippen LogP contribution < -0.4 is 9.80 Å². The van der Waals surface area contributed by atoms with Crippen LogP contribution in [-0.4, -0.2) is 89.5 Å². The molecule has 8 heteroatoms. The van der Waals surface area contributed by atoms with Gasteiger partial charge in [-0.1, -0.05) is 0 Å². The van der Waals surface area contributed by atoms with E-state index < -0.39 is 0 Å². The molecule has 3 aromatic rings. The summed E-state index contributed by atoms with van der Waals surface area (Å²) in [6.07, 6.45) is 6.61. The van der Waals surface area contributed by atoms with Crippen LogP contribution in [0.3, 0.4) is 0 Å². The minimum Gasteiger partial charge on any atom is -0.354 e. The van der Waals surface area contributed by atoms with E-state index in [0.717, 1.165) is 81.6 Å². The lowest BCUT2D eigenvalue weighted by atomic mass is 10.2. The predicted molar refractivity (Wildman–Crippen MR) is 122 cm³/mol. The second-order valence-corrected chi connectivity index (χ2v) is 8.38. The molecule has 2 saturated heterocycles. The van der Waals surface area contributed by atoms with Gasteiger partial charge >= 0.3 is 0 Å². The molecule has 3 aromatic heterocycles. The molecule has 0 aliphatic carbocycles. The maximum Gasteiger partial charge on any atom is 0.255 e. The third-order valence-electron chi connectivity index (χ3n) is 6.32. The molecule has 162 valence electrons. The normalized spacial score (nSPS) is 18.4. The number of anilines is 2. The summed E-state index contributed by atoms with van der Waals surface area (Å²) in [5.41, 5.74) is 1.86. The lowest BCUT2D eigenvalue weighted by Crippen LogP contribution is -2.47. The average Bonchev–Trinajstić information content (AvgIpc) is 3.12. The fourth-order valence-electron chi connectivity index (χ4n) is 4.49. The van der Waals surface area contributed by atoms with Gasteiger partial charge in [-0.2, -0.15) is 0 Å². The third kappa shape index (κ3) is 4.07. The van der Waals surface area contributed by atoms with Gasteiger partial charge in [0.2, 0.25) is 5.95 Å². The van der Waals surface area contributed by atoms with Gasteiger partial charge in [0.05, 0.1) is 5.56 Å². The molecule has 0 N–H and O–H groups in total. The van der Waals surface area contributed by atoms with Crippen molar-refractivity contribution in [3.63, 3.8) is 0 Å². The van der Waals surface area contributed by atoms with E-state index in [2.05, 4.69) is 54.3 Å². The van der Waals surface area contributed by atoms with Crippen LogP contribution in [0.2, 0.25) is 0 Å². The van der Waals surface area contributed by atoms with Crippen molar-refractivity contribution in [3.8, 4) is 0 Å². The van der Waals surface area contributed by atoms with Gasteiger partial charge in [0, 0.05) is 69.9 Å². The number of carbonyl (C=O) groups excluding carboxylic acids is 1. The molecule has 8 nitrogen and oxygen atoms in total. The molecule has 0 aromatic carbocycles. The highest BCUT2D eigenvalue weighted by Gasteiger charge is 2.22. The number of amides is 1. The number of piperazine rings is 1. The van der Waals surface area contributed by atoms with E-state index in [1.54, 1.807) is 12.4 Å². The fraction of sp³-hybridized carbons (Fsp3) is 0.435. The standard InChI is InChI=1S/C23H29N7O/c1-26-10-3-11-28(13-12-26)22(31)19-4-5-20-6-7-21(30(20)18-19)27-14-16-29(17-15-27)23-24-8-2-9-25-23/h2,4-9,18H,3,10-17H2,1H3. The first-order valence-corrected chi connectivity index (χ1v) is 11.0. The van der Waals surface area contributed by atoms with Crippen LogP contribution >= 0.6 is 0 Å². The number of nitrogens with zero attached hydrogens (tertiary/aromatic N) is 7. The number of rotatable bonds is 3. The number of aromatic nitrogens is 3. The number of likely N-dealkylation sites (N-methyl/N-ethyl adjacent to an activating group) is 1. The first-order chi connectivity index (χ1) is 15.2. The van der Waals surface area contributed by atoms with Crippen molar-refractivity contribution in [2.24, 2.45) is 0 Å². The lowest BCUT2D eigenvalue weighted by molar-refractivity contribution is 0.0762. The molecular formula is C23H29N7O. The van der Waals surface area contributed by atoms with Gasteiger partial charge in [-0.15, -0.1) is 0 Å². The second-order valence-electron chi connectivity index (χ2n) is 8.38. The van der Waals surface area contributed by atoms with Crippen molar-refractivity contribution >= 4 is 23.2 Å². The van der Waals surface area contributed by atoms with Crippen molar-refractivity contribution in [2.45, 2.75) is 6.42 Å². The molecule has 31 heavy (non-hydrogen) atoms. The van der Waals surface area contributed by atoms with E-state index in [9.17, 15) is 4.79 Å². The molecule has 0 radical (unpaired) electrons. The highest BCUT2D eigenvalue weighted by molar-refractivity contribution is 5.94. The Labute approximate surface area is 182 Å². The zero-order valence-corrected chi connectivity index (χ0v) is 18.0. The summed E-state index contributed by atoms with van der Waals surface area (Å²) in [4.78, 5) is 30.8. The van der Waals surface area contributed by atoms with Crippen LogP contribution in [0.1, 0.15) is 16.8 Å². The summed E-state index contributed by atoms with van der Waals surface area (Å²) >= 11 is 0. The Morgan fingerprint density at radius 3 is 2.39 bits per heavy atom. The van der Waals surface area contributed by atoms with Crippen molar-refractivity contribution in [1.82, 2.24) is 24.2 Å². The van der Waals surface area contributed by atoms with E-state index in [4.69, 9.17) is 0 Å². The van der Waals surface area contributed by atoms with Crippen LogP contribution in [0, 0.1) is 0 Å². The van der Waals surface area contributed by atoms with Gasteiger partial charge < -0.3 is 24.0 Å². The van der Waals surface area contributed by atoms with E-state index >= 15 is 0 Å². The molecule has 0 spiro atoms. The molecule has 0 saturated carbocycles. The van der Waals surface area contributed by atoms with Gasteiger partial charge in [-0.3, -0.25) is 4.79 Å². The summed E-state index contributed by atoms with van der Waals surface area (Å²) in [5.74, 6) is 2.05. The Bertz CT molecular complexity index is 1040. The van der Waals surface area contributed by atoms with Crippen molar-refractivity contribution in [3.05, 3.63) is 54.5 Å². The molecule has 2 aliphatic rings. The fourth-order valence-corrected chi connectivity index (χ4v) is 4.49. The molecular weight excluding hydrogens is 390 g/mol. The van der Waals surface area contributed by atoms with Crippen molar-refractivity contribution in [1.29, 1.82) is 0 Å². The number of hydrogen-bond donors (Lipinski definition) is 0.